The summed E-state index contributed by atoms with van der Waals surface area (Å²) in [6, 6.07) is 5.01. The lowest BCUT2D eigenvalue weighted by Gasteiger charge is -2.29. The van der Waals surface area contributed by atoms with E-state index in [1.54, 1.807) is 0 Å². The molecule has 19 heavy (non-hydrogen) atoms. The molecule has 0 amide bonds. The number of likely N-dealkylation sites (N-methyl/N-ethyl adjacent to an activating group) is 1. The van der Waals surface area contributed by atoms with E-state index in [9.17, 15) is 0 Å². The lowest BCUT2D eigenvalue weighted by Crippen LogP contribution is -2.47. The van der Waals surface area contributed by atoms with Crippen molar-refractivity contribution in [2.45, 2.75) is 33.4 Å². The second-order valence-electron chi connectivity index (χ2n) is 5.80. The van der Waals surface area contributed by atoms with E-state index in [4.69, 9.17) is 4.74 Å². The van der Waals surface area contributed by atoms with Crippen LogP contribution in [0.1, 0.15) is 22.3 Å². The highest BCUT2D eigenvalue weighted by Gasteiger charge is 2.16. The average Bonchev–Trinajstić information content (AvgIpc) is 2.35. The Morgan fingerprint density at radius 3 is 2.53 bits per heavy atom. The maximum atomic E-state index is 5.51. The monoisotopic (exact) mass is 262 g/mol. The van der Waals surface area contributed by atoms with Crippen molar-refractivity contribution in [1.29, 1.82) is 0 Å². The Balaban J connectivity index is 1.96. The predicted molar refractivity (Wildman–Crippen MR) is 79.6 cm³/mol. The van der Waals surface area contributed by atoms with Gasteiger partial charge in [0, 0.05) is 25.7 Å². The first-order valence-electron chi connectivity index (χ1n) is 7.12. The number of aryl methyl sites for hydroxylation is 3. The first-order valence-corrected chi connectivity index (χ1v) is 7.12. The van der Waals surface area contributed by atoms with Gasteiger partial charge in [0.05, 0.1) is 13.2 Å². The number of nitrogens with zero attached hydrogens (tertiary/aromatic N) is 1. The van der Waals surface area contributed by atoms with Crippen molar-refractivity contribution in [1.82, 2.24) is 10.2 Å². The van der Waals surface area contributed by atoms with Crippen LogP contribution in [-0.4, -0.2) is 44.3 Å². The fourth-order valence-electron chi connectivity index (χ4n) is 2.91. The van der Waals surface area contributed by atoms with E-state index in [0.29, 0.717) is 6.04 Å². The third-order valence-electron chi connectivity index (χ3n) is 3.80. The van der Waals surface area contributed by atoms with E-state index in [1.807, 2.05) is 0 Å². The van der Waals surface area contributed by atoms with Crippen LogP contribution >= 0.6 is 0 Å². The highest BCUT2D eigenvalue weighted by molar-refractivity contribution is 5.37. The summed E-state index contributed by atoms with van der Waals surface area (Å²) in [7, 11) is 2.19. The van der Waals surface area contributed by atoms with Gasteiger partial charge < -0.3 is 15.0 Å². The van der Waals surface area contributed by atoms with Gasteiger partial charge in [-0.25, -0.2) is 0 Å². The molecule has 2 rings (SSSR count). The zero-order valence-electron chi connectivity index (χ0n) is 12.6. The van der Waals surface area contributed by atoms with Crippen LogP contribution in [0.15, 0.2) is 12.1 Å². The fraction of sp³-hybridized carbons (Fsp3) is 0.625. The summed E-state index contributed by atoms with van der Waals surface area (Å²) in [4.78, 5) is 2.39. The summed E-state index contributed by atoms with van der Waals surface area (Å²) < 4.78 is 5.51. The van der Waals surface area contributed by atoms with Crippen LogP contribution in [0, 0.1) is 20.8 Å². The molecule has 0 bridgehead atoms. The molecular formula is C16H26N2O. The largest absolute Gasteiger partial charge is 0.378 e. The topological polar surface area (TPSA) is 24.5 Å². The number of ether oxygens (including phenoxy) is 1. The highest BCUT2D eigenvalue weighted by atomic mass is 16.5. The molecule has 0 spiro atoms. The highest BCUT2D eigenvalue weighted by Crippen LogP contribution is 2.18. The van der Waals surface area contributed by atoms with Gasteiger partial charge in [-0.15, -0.1) is 0 Å². The van der Waals surface area contributed by atoms with Crippen molar-refractivity contribution in [2.24, 2.45) is 0 Å². The molecule has 1 N–H and O–H groups in total. The molecule has 1 unspecified atom stereocenters. The molecule has 3 nitrogen and oxygen atoms in total. The second-order valence-corrected chi connectivity index (χ2v) is 5.80. The molecule has 1 aromatic carbocycles. The Morgan fingerprint density at radius 2 is 1.95 bits per heavy atom. The van der Waals surface area contributed by atoms with Gasteiger partial charge in [0.2, 0.25) is 0 Å². The Hall–Kier alpha value is -0.900. The minimum Gasteiger partial charge on any atom is -0.378 e. The maximum absolute atomic E-state index is 5.51. The van der Waals surface area contributed by atoms with Crippen molar-refractivity contribution < 1.29 is 4.74 Å². The summed E-state index contributed by atoms with van der Waals surface area (Å²) in [6.45, 7) is 11.3. The van der Waals surface area contributed by atoms with Crippen molar-refractivity contribution >= 4 is 0 Å². The molecule has 0 saturated carbocycles. The Morgan fingerprint density at radius 1 is 1.26 bits per heavy atom. The molecule has 1 heterocycles. The second kappa shape index (κ2) is 6.51. The molecule has 0 aromatic heterocycles. The summed E-state index contributed by atoms with van der Waals surface area (Å²) >= 11 is 0. The molecule has 1 fully saturated rings. The summed E-state index contributed by atoms with van der Waals surface area (Å²) in [5.41, 5.74) is 5.61. The maximum Gasteiger partial charge on any atom is 0.0632 e. The van der Waals surface area contributed by atoms with E-state index in [2.05, 4.69) is 50.2 Å². The Kier molecular flexibility index (Phi) is 4.97. The Bertz CT molecular complexity index is 402. The molecule has 1 aromatic rings. The number of benzene rings is 1. The molecule has 0 radical (unpaired) electrons. The van der Waals surface area contributed by atoms with Gasteiger partial charge in [-0.2, -0.15) is 0 Å². The first-order chi connectivity index (χ1) is 9.06. The van der Waals surface area contributed by atoms with E-state index in [0.717, 1.165) is 32.8 Å². The van der Waals surface area contributed by atoms with Crippen LogP contribution < -0.4 is 5.32 Å². The Labute approximate surface area is 116 Å². The number of nitrogens with one attached hydrogen (secondary N) is 1. The molecule has 3 heteroatoms. The zero-order valence-corrected chi connectivity index (χ0v) is 12.6. The predicted octanol–water partition coefficient (Wildman–Crippen LogP) is 2.03. The number of rotatable bonds is 4. The average molecular weight is 262 g/mol. The van der Waals surface area contributed by atoms with Crippen molar-refractivity contribution in [3.05, 3.63) is 34.4 Å². The number of morpholine rings is 1. The summed E-state index contributed by atoms with van der Waals surface area (Å²) in [5.74, 6) is 0. The fourth-order valence-corrected chi connectivity index (χ4v) is 2.91. The van der Waals surface area contributed by atoms with E-state index < -0.39 is 0 Å². The molecule has 1 saturated heterocycles. The van der Waals surface area contributed by atoms with Gasteiger partial charge in [0.15, 0.2) is 0 Å². The van der Waals surface area contributed by atoms with E-state index >= 15 is 0 Å². The van der Waals surface area contributed by atoms with Crippen molar-refractivity contribution in [2.75, 3.05) is 33.4 Å². The van der Waals surface area contributed by atoms with Crippen LogP contribution in [0.25, 0.3) is 0 Å². The molecule has 1 aliphatic heterocycles. The van der Waals surface area contributed by atoms with Crippen molar-refractivity contribution in [3.8, 4) is 0 Å². The quantitative estimate of drug-likeness (QED) is 0.898. The molecule has 0 aliphatic carbocycles. The van der Waals surface area contributed by atoms with Crippen molar-refractivity contribution in [3.63, 3.8) is 0 Å². The molecule has 1 aliphatic rings. The SMILES string of the molecule is Cc1cc(C)c(CN(C)CC2COCCN2)c(C)c1. The van der Waals surface area contributed by atoms with Gasteiger partial charge in [-0.05, 0) is 44.5 Å². The van der Waals surface area contributed by atoms with Crippen LogP contribution in [0.4, 0.5) is 0 Å². The zero-order chi connectivity index (χ0) is 13.8. The van der Waals surface area contributed by atoms with Gasteiger partial charge in [0.1, 0.15) is 0 Å². The lowest BCUT2D eigenvalue weighted by molar-refractivity contribution is 0.0644. The van der Waals surface area contributed by atoms with Gasteiger partial charge in [-0.3, -0.25) is 0 Å². The van der Waals surface area contributed by atoms with Crippen LogP contribution in [0.2, 0.25) is 0 Å². The van der Waals surface area contributed by atoms with Gasteiger partial charge in [-0.1, -0.05) is 17.7 Å². The smallest absolute Gasteiger partial charge is 0.0632 e. The summed E-state index contributed by atoms with van der Waals surface area (Å²) in [5, 5.41) is 3.51. The van der Waals surface area contributed by atoms with E-state index in [-0.39, 0.29) is 0 Å². The third-order valence-corrected chi connectivity index (χ3v) is 3.80. The van der Waals surface area contributed by atoms with Gasteiger partial charge >= 0.3 is 0 Å². The summed E-state index contributed by atoms with van der Waals surface area (Å²) in [6.07, 6.45) is 0. The van der Waals surface area contributed by atoms with Crippen LogP contribution in [0.3, 0.4) is 0 Å². The molecular weight excluding hydrogens is 236 g/mol. The minimum absolute atomic E-state index is 0.463. The van der Waals surface area contributed by atoms with Gasteiger partial charge in [0.25, 0.3) is 0 Å². The minimum atomic E-state index is 0.463. The van der Waals surface area contributed by atoms with E-state index in [1.165, 1.54) is 22.3 Å². The molecule has 106 valence electrons. The number of hydrogen-bond acceptors (Lipinski definition) is 3. The number of hydrogen-bond donors (Lipinski definition) is 1. The standard InChI is InChI=1S/C16H26N2O/c1-12-7-13(2)16(14(3)8-12)10-18(4)9-15-11-19-6-5-17-15/h7-8,15,17H,5-6,9-11H2,1-4H3. The first kappa shape index (κ1) is 14.5. The molecule has 1 atom stereocenters. The lowest BCUT2D eigenvalue weighted by atomic mass is 9.99. The third kappa shape index (κ3) is 4.03. The van der Waals surface area contributed by atoms with Crippen LogP contribution in [0.5, 0.6) is 0 Å². The normalized spacial score (nSPS) is 19.9. The van der Waals surface area contributed by atoms with Crippen LogP contribution in [-0.2, 0) is 11.3 Å².